The van der Waals surface area contributed by atoms with Gasteiger partial charge in [-0.05, 0) is 56.4 Å². The highest BCUT2D eigenvalue weighted by atomic mass is 32.2. The molecule has 0 aliphatic carbocycles. The van der Waals surface area contributed by atoms with Gasteiger partial charge in [0.2, 0.25) is 10.0 Å². The number of aliphatic hydroxyl groups excluding tert-OH is 1. The van der Waals surface area contributed by atoms with Crippen LogP contribution < -0.4 is 5.73 Å². The largest absolute Gasteiger partial charge is 0.399 e. The van der Waals surface area contributed by atoms with Gasteiger partial charge in [-0.25, -0.2) is 12.7 Å². The molecule has 0 radical (unpaired) electrons. The lowest BCUT2D eigenvalue weighted by Gasteiger charge is -2.20. The summed E-state index contributed by atoms with van der Waals surface area (Å²) in [5, 5.41) is 8.72. The number of unbranched alkanes of at least 4 members (excludes halogenated alkanes) is 2. The maximum Gasteiger partial charge on any atom is 0.243 e. The SMILES string of the molecule is Cc1cc(N)cc(C)c1S(=O)(=O)N(C)CCCCCO. The van der Waals surface area contributed by atoms with Crippen LogP contribution in [0.15, 0.2) is 17.0 Å². The molecule has 0 atom stereocenters. The van der Waals surface area contributed by atoms with Crippen LogP contribution in [-0.2, 0) is 10.0 Å². The van der Waals surface area contributed by atoms with Gasteiger partial charge in [0.25, 0.3) is 0 Å². The third kappa shape index (κ3) is 3.94. The van der Waals surface area contributed by atoms with Gasteiger partial charge < -0.3 is 10.8 Å². The number of sulfonamides is 1. The third-order valence-electron chi connectivity index (χ3n) is 3.28. The number of nitrogen functional groups attached to an aromatic ring is 1. The zero-order chi connectivity index (χ0) is 15.3. The maximum absolute atomic E-state index is 12.6. The van der Waals surface area contributed by atoms with Gasteiger partial charge in [-0.1, -0.05) is 0 Å². The van der Waals surface area contributed by atoms with Crippen LogP contribution in [0, 0.1) is 13.8 Å². The van der Waals surface area contributed by atoms with E-state index in [4.69, 9.17) is 10.8 Å². The molecule has 1 rings (SSSR count). The molecule has 3 N–H and O–H groups in total. The first kappa shape index (κ1) is 16.9. The monoisotopic (exact) mass is 300 g/mol. The second-order valence-electron chi connectivity index (χ2n) is 5.09. The summed E-state index contributed by atoms with van der Waals surface area (Å²) in [6.45, 7) is 4.12. The average molecular weight is 300 g/mol. The van der Waals surface area contributed by atoms with Gasteiger partial charge in [0.05, 0.1) is 4.90 Å². The van der Waals surface area contributed by atoms with E-state index in [9.17, 15) is 8.42 Å². The van der Waals surface area contributed by atoms with E-state index in [0.717, 1.165) is 12.8 Å². The highest BCUT2D eigenvalue weighted by molar-refractivity contribution is 7.89. The second-order valence-corrected chi connectivity index (χ2v) is 7.08. The van der Waals surface area contributed by atoms with Crippen molar-refractivity contribution in [1.29, 1.82) is 0 Å². The molecule has 0 spiro atoms. The summed E-state index contributed by atoms with van der Waals surface area (Å²) < 4.78 is 26.5. The Morgan fingerprint density at radius 1 is 1.15 bits per heavy atom. The molecule has 0 heterocycles. The molecule has 0 aliphatic heterocycles. The van der Waals surface area contributed by atoms with E-state index in [2.05, 4.69) is 0 Å². The molecule has 0 saturated heterocycles. The summed E-state index contributed by atoms with van der Waals surface area (Å²) in [7, 11) is -1.90. The number of aryl methyl sites for hydroxylation is 2. The van der Waals surface area contributed by atoms with Gasteiger partial charge in [0.1, 0.15) is 0 Å². The fourth-order valence-corrected chi connectivity index (χ4v) is 3.90. The number of hydrogen-bond donors (Lipinski definition) is 2. The molecule has 5 nitrogen and oxygen atoms in total. The van der Waals surface area contributed by atoms with E-state index in [1.54, 1.807) is 33.0 Å². The molecule has 1 aromatic carbocycles. The minimum absolute atomic E-state index is 0.145. The number of rotatable bonds is 7. The number of hydrogen-bond acceptors (Lipinski definition) is 4. The number of nitrogens with two attached hydrogens (primary N) is 1. The Bertz CT molecular complexity index is 533. The smallest absolute Gasteiger partial charge is 0.243 e. The molecule has 0 aliphatic rings. The fraction of sp³-hybridized carbons (Fsp3) is 0.571. The zero-order valence-corrected chi connectivity index (χ0v) is 13.2. The Morgan fingerprint density at radius 3 is 2.20 bits per heavy atom. The van der Waals surface area contributed by atoms with Crippen LogP contribution in [0.25, 0.3) is 0 Å². The van der Waals surface area contributed by atoms with E-state index >= 15 is 0 Å². The molecule has 0 fully saturated rings. The van der Waals surface area contributed by atoms with Crippen LogP contribution in [0.1, 0.15) is 30.4 Å². The van der Waals surface area contributed by atoms with Gasteiger partial charge in [-0.15, -0.1) is 0 Å². The Morgan fingerprint density at radius 2 is 1.70 bits per heavy atom. The summed E-state index contributed by atoms with van der Waals surface area (Å²) >= 11 is 0. The topological polar surface area (TPSA) is 83.6 Å². The summed E-state index contributed by atoms with van der Waals surface area (Å²) in [5.74, 6) is 0. The molecule has 0 amide bonds. The molecular formula is C14H24N2O3S. The highest BCUT2D eigenvalue weighted by Crippen LogP contribution is 2.25. The molecule has 6 heteroatoms. The Balaban J connectivity index is 2.93. The molecule has 20 heavy (non-hydrogen) atoms. The van der Waals surface area contributed by atoms with Crippen molar-refractivity contribution in [3.05, 3.63) is 23.3 Å². The molecular weight excluding hydrogens is 276 g/mol. The lowest BCUT2D eigenvalue weighted by atomic mass is 10.1. The number of aliphatic hydroxyl groups is 1. The number of benzene rings is 1. The van der Waals surface area contributed by atoms with Gasteiger partial charge in [-0.3, -0.25) is 0 Å². The lowest BCUT2D eigenvalue weighted by molar-refractivity contribution is 0.281. The van der Waals surface area contributed by atoms with Crippen molar-refractivity contribution >= 4 is 15.7 Å². The van der Waals surface area contributed by atoms with Crippen molar-refractivity contribution in [2.75, 3.05) is 25.9 Å². The van der Waals surface area contributed by atoms with Gasteiger partial charge in [-0.2, -0.15) is 0 Å². The number of nitrogens with zero attached hydrogens (tertiary/aromatic N) is 1. The molecule has 1 aromatic rings. The summed E-state index contributed by atoms with van der Waals surface area (Å²) in [4.78, 5) is 0.344. The van der Waals surface area contributed by atoms with E-state index in [1.165, 1.54) is 4.31 Å². The van der Waals surface area contributed by atoms with Gasteiger partial charge in [0, 0.05) is 25.9 Å². The average Bonchev–Trinajstić information content (AvgIpc) is 2.32. The lowest BCUT2D eigenvalue weighted by Crippen LogP contribution is -2.29. The van der Waals surface area contributed by atoms with Crippen LogP contribution >= 0.6 is 0 Å². The molecule has 114 valence electrons. The highest BCUT2D eigenvalue weighted by Gasteiger charge is 2.24. The molecule has 0 unspecified atom stereocenters. The second kappa shape index (κ2) is 7.06. The minimum atomic E-state index is -3.49. The van der Waals surface area contributed by atoms with E-state index < -0.39 is 10.0 Å². The predicted octanol–water partition coefficient (Wildman–Crippen LogP) is 1.67. The summed E-state index contributed by atoms with van der Waals surface area (Å²) in [6, 6.07) is 3.36. The van der Waals surface area contributed by atoms with Crippen LogP contribution in [0.2, 0.25) is 0 Å². The Kier molecular flexibility index (Phi) is 5.98. The quantitative estimate of drug-likeness (QED) is 0.592. The molecule has 0 saturated carbocycles. The van der Waals surface area contributed by atoms with E-state index in [1.807, 2.05) is 0 Å². The van der Waals surface area contributed by atoms with Crippen LogP contribution in [0.3, 0.4) is 0 Å². The van der Waals surface area contributed by atoms with Crippen molar-refractivity contribution in [2.24, 2.45) is 0 Å². The third-order valence-corrected chi connectivity index (χ3v) is 5.45. The van der Waals surface area contributed by atoms with Crippen molar-refractivity contribution in [3.8, 4) is 0 Å². The summed E-state index contributed by atoms with van der Waals surface area (Å²) in [6.07, 6.45) is 2.26. The van der Waals surface area contributed by atoms with Gasteiger partial charge >= 0.3 is 0 Å². The Labute approximate surface area is 121 Å². The van der Waals surface area contributed by atoms with Crippen LogP contribution in [0.4, 0.5) is 5.69 Å². The van der Waals surface area contributed by atoms with Crippen LogP contribution in [-0.4, -0.2) is 38.0 Å². The fourth-order valence-electron chi connectivity index (χ4n) is 2.29. The standard InChI is InChI=1S/C14H24N2O3S/c1-11-9-13(15)10-12(2)14(11)20(18,19)16(3)7-5-4-6-8-17/h9-10,17H,4-8,15H2,1-3H3. The first-order valence-corrected chi connectivity index (χ1v) is 8.18. The van der Waals surface area contributed by atoms with Crippen molar-refractivity contribution in [3.63, 3.8) is 0 Å². The van der Waals surface area contributed by atoms with Crippen LogP contribution in [0.5, 0.6) is 0 Å². The van der Waals surface area contributed by atoms with Crippen molar-refractivity contribution in [1.82, 2.24) is 4.31 Å². The van der Waals surface area contributed by atoms with Crippen molar-refractivity contribution < 1.29 is 13.5 Å². The van der Waals surface area contributed by atoms with E-state index in [-0.39, 0.29) is 6.61 Å². The first-order valence-electron chi connectivity index (χ1n) is 6.74. The Hall–Kier alpha value is -1.11. The summed E-state index contributed by atoms with van der Waals surface area (Å²) in [5.41, 5.74) is 7.64. The minimum Gasteiger partial charge on any atom is -0.399 e. The molecule has 0 bridgehead atoms. The first-order chi connectivity index (χ1) is 9.30. The molecule has 0 aromatic heterocycles. The zero-order valence-electron chi connectivity index (χ0n) is 12.4. The normalized spacial score (nSPS) is 12.1. The maximum atomic E-state index is 12.6. The predicted molar refractivity (Wildman–Crippen MR) is 81.1 cm³/mol. The van der Waals surface area contributed by atoms with Crippen molar-refractivity contribution in [2.45, 2.75) is 38.0 Å². The van der Waals surface area contributed by atoms with E-state index in [0.29, 0.717) is 34.7 Å². The van der Waals surface area contributed by atoms with Gasteiger partial charge in [0.15, 0.2) is 0 Å². The number of anilines is 1.